The first-order valence-electron chi connectivity index (χ1n) is 12.1. The zero-order chi connectivity index (χ0) is 26.3. The largest absolute Gasteiger partial charge is 0.486 e. The number of aromatic nitrogens is 3. The van der Waals surface area contributed by atoms with Gasteiger partial charge in [-0.05, 0) is 37.1 Å². The highest BCUT2D eigenvalue weighted by molar-refractivity contribution is 7.88. The van der Waals surface area contributed by atoms with Crippen LogP contribution < -0.4 is 15.0 Å². The van der Waals surface area contributed by atoms with Crippen LogP contribution in [0.3, 0.4) is 0 Å². The molecule has 0 fully saturated rings. The number of hydrogen-bond donors (Lipinski definition) is 1. The van der Waals surface area contributed by atoms with Gasteiger partial charge in [-0.2, -0.15) is 4.31 Å². The summed E-state index contributed by atoms with van der Waals surface area (Å²) in [7, 11) is -3.28. The van der Waals surface area contributed by atoms with Crippen molar-refractivity contribution in [3.8, 4) is 17.0 Å². The van der Waals surface area contributed by atoms with Crippen LogP contribution in [0.4, 0.5) is 26.2 Å². The van der Waals surface area contributed by atoms with E-state index < -0.39 is 21.7 Å². The minimum absolute atomic E-state index is 0.0457. The smallest absolute Gasteiger partial charge is 0.229 e. The molecule has 0 bridgehead atoms. The summed E-state index contributed by atoms with van der Waals surface area (Å²) in [5, 5.41) is 2.99. The van der Waals surface area contributed by atoms with E-state index in [0.717, 1.165) is 23.9 Å². The zero-order valence-electron chi connectivity index (χ0n) is 20.8. The van der Waals surface area contributed by atoms with E-state index in [-0.39, 0.29) is 35.5 Å². The number of nitrogens with zero attached hydrogens (tertiary/aromatic N) is 5. The predicted octanol–water partition coefficient (Wildman–Crippen LogP) is 3.88. The van der Waals surface area contributed by atoms with Gasteiger partial charge in [0, 0.05) is 36.8 Å². The van der Waals surface area contributed by atoms with Gasteiger partial charge in [0.1, 0.15) is 18.1 Å². The van der Waals surface area contributed by atoms with E-state index in [0.29, 0.717) is 37.6 Å². The molecule has 1 atom stereocenters. The van der Waals surface area contributed by atoms with Crippen LogP contribution in [0, 0.1) is 11.6 Å². The molecule has 1 aromatic carbocycles. The summed E-state index contributed by atoms with van der Waals surface area (Å²) in [6.07, 6.45) is 3.55. The highest BCUT2D eigenvalue weighted by Gasteiger charge is 2.27. The summed E-state index contributed by atoms with van der Waals surface area (Å²) in [5.41, 5.74) is 2.39. The standard InChI is InChI=1S/C25H28F2N6O3S/c1-4-15(2)33-9-10-36-24-18(26)11-17(12-21(24)33)23-19(27)13-28-25(31-23)30-22-6-5-16-14-32(37(3,34)35)8-7-20(16)29-22/h5-6,11-13,15H,4,7-10,14H2,1-3H3,(H,28,29,30,31). The third-order valence-electron chi connectivity index (χ3n) is 6.77. The lowest BCUT2D eigenvalue weighted by Crippen LogP contribution is -2.39. The van der Waals surface area contributed by atoms with E-state index >= 15 is 4.39 Å². The number of nitrogens with one attached hydrogen (secondary N) is 1. The van der Waals surface area contributed by atoms with Crippen molar-refractivity contribution in [2.24, 2.45) is 0 Å². The molecule has 4 heterocycles. The molecule has 0 amide bonds. The van der Waals surface area contributed by atoms with Crippen molar-refractivity contribution in [1.29, 1.82) is 0 Å². The van der Waals surface area contributed by atoms with E-state index in [1.165, 1.54) is 16.6 Å². The Balaban J connectivity index is 1.44. The van der Waals surface area contributed by atoms with Gasteiger partial charge in [-0.25, -0.2) is 32.2 Å². The molecule has 0 aliphatic carbocycles. The van der Waals surface area contributed by atoms with Gasteiger partial charge in [-0.15, -0.1) is 0 Å². The van der Waals surface area contributed by atoms with Crippen molar-refractivity contribution in [3.63, 3.8) is 0 Å². The van der Waals surface area contributed by atoms with Crippen molar-refractivity contribution in [1.82, 2.24) is 19.3 Å². The summed E-state index contributed by atoms with van der Waals surface area (Å²) >= 11 is 0. The van der Waals surface area contributed by atoms with E-state index in [9.17, 15) is 12.8 Å². The maximum Gasteiger partial charge on any atom is 0.229 e. The first-order valence-corrected chi connectivity index (χ1v) is 14.0. The number of pyridine rings is 1. The second-order valence-corrected chi connectivity index (χ2v) is 11.3. The maximum absolute atomic E-state index is 15.0. The van der Waals surface area contributed by atoms with E-state index in [1.54, 1.807) is 18.2 Å². The molecular formula is C25H28F2N6O3S. The zero-order valence-corrected chi connectivity index (χ0v) is 21.6. The molecule has 9 nitrogen and oxygen atoms in total. The van der Waals surface area contributed by atoms with Crippen LogP contribution in [0.1, 0.15) is 31.5 Å². The molecule has 12 heteroatoms. The Morgan fingerprint density at radius 3 is 2.73 bits per heavy atom. The number of sulfonamides is 1. The Kier molecular flexibility index (Phi) is 6.71. The van der Waals surface area contributed by atoms with Gasteiger partial charge in [0.2, 0.25) is 16.0 Å². The van der Waals surface area contributed by atoms with Gasteiger partial charge >= 0.3 is 0 Å². The average Bonchev–Trinajstić information content (AvgIpc) is 2.88. The summed E-state index contributed by atoms with van der Waals surface area (Å²) in [6, 6.07) is 6.57. The molecule has 1 unspecified atom stereocenters. The quantitative estimate of drug-likeness (QED) is 0.513. The molecule has 3 aromatic rings. The van der Waals surface area contributed by atoms with Gasteiger partial charge in [-0.3, -0.25) is 0 Å². The van der Waals surface area contributed by atoms with Crippen LogP contribution in [0.2, 0.25) is 0 Å². The van der Waals surface area contributed by atoms with E-state index in [4.69, 9.17) is 4.74 Å². The third kappa shape index (κ3) is 5.08. The van der Waals surface area contributed by atoms with E-state index in [1.807, 2.05) is 0 Å². The Morgan fingerprint density at radius 1 is 1.16 bits per heavy atom. The maximum atomic E-state index is 15.0. The lowest BCUT2D eigenvalue weighted by molar-refractivity contribution is 0.285. The molecule has 0 saturated heterocycles. The molecule has 196 valence electrons. The first kappa shape index (κ1) is 25.3. The minimum atomic E-state index is -3.28. The summed E-state index contributed by atoms with van der Waals surface area (Å²) in [6.45, 7) is 5.70. The van der Waals surface area contributed by atoms with Crippen molar-refractivity contribution in [3.05, 3.63) is 53.4 Å². The SMILES string of the molecule is CCC(C)N1CCOc2c(F)cc(-c3nc(Nc4ccc5c(n4)CCN(S(C)(=O)=O)C5)ncc3F)cc21. The molecule has 2 aliphatic heterocycles. The van der Waals surface area contributed by atoms with Crippen molar-refractivity contribution in [2.75, 3.05) is 36.2 Å². The number of fused-ring (bicyclic) bond motifs is 2. The Bertz CT molecular complexity index is 1450. The predicted molar refractivity (Wildman–Crippen MR) is 136 cm³/mol. The second kappa shape index (κ2) is 9.82. The van der Waals surface area contributed by atoms with Crippen LogP contribution in [0.5, 0.6) is 5.75 Å². The van der Waals surface area contributed by atoms with Crippen LogP contribution >= 0.6 is 0 Å². The Hall–Kier alpha value is -3.38. The Morgan fingerprint density at radius 2 is 1.97 bits per heavy atom. The molecule has 37 heavy (non-hydrogen) atoms. The summed E-state index contributed by atoms with van der Waals surface area (Å²) in [5.74, 6) is -0.554. The number of rotatable bonds is 6. The van der Waals surface area contributed by atoms with Crippen LogP contribution in [-0.4, -0.2) is 59.7 Å². The van der Waals surface area contributed by atoms with Gasteiger partial charge in [-0.1, -0.05) is 13.0 Å². The van der Waals surface area contributed by atoms with Crippen molar-refractivity contribution in [2.45, 2.75) is 39.3 Å². The molecule has 2 aromatic heterocycles. The number of hydrogen-bond acceptors (Lipinski definition) is 8. The summed E-state index contributed by atoms with van der Waals surface area (Å²) < 4.78 is 60.6. The van der Waals surface area contributed by atoms with Crippen LogP contribution in [0.25, 0.3) is 11.3 Å². The van der Waals surface area contributed by atoms with Gasteiger partial charge < -0.3 is 15.0 Å². The average molecular weight is 531 g/mol. The fourth-order valence-electron chi connectivity index (χ4n) is 4.60. The third-order valence-corrected chi connectivity index (χ3v) is 8.02. The number of benzene rings is 1. The highest BCUT2D eigenvalue weighted by atomic mass is 32.2. The number of ether oxygens (including phenoxy) is 1. The van der Waals surface area contributed by atoms with E-state index in [2.05, 4.69) is 39.0 Å². The van der Waals surface area contributed by atoms with Crippen molar-refractivity contribution >= 4 is 27.5 Å². The minimum Gasteiger partial charge on any atom is -0.486 e. The van der Waals surface area contributed by atoms with Crippen molar-refractivity contribution < 1.29 is 21.9 Å². The van der Waals surface area contributed by atoms with Gasteiger partial charge in [0.15, 0.2) is 17.4 Å². The molecule has 0 radical (unpaired) electrons. The number of anilines is 3. The molecule has 2 aliphatic rings. The fourth-order valence-corrected chi connectivity index (χ4v) is 5.40. The lowest BCUT2D eigenvalue weighted by Gasteiger charge is -2.36. The Labute approximate surface area is 214 Å². The molecule has 0 spiro atoms. The van der Waals surface area contributed by atoms with Gasteiger partial charge in [0.05, 0.1) is 24.7 Å². The monoisotopic (exact) mass is 530 g/mol. The van der Waals surface area contributed by atoms with Crippen LogP contribution in [-0.2, 0) is 23.0 Å². The number of halogens is 2. The molecule has 5 rings (SSSR count). The molecule has 1 N–H and O–H groups in total. The molecule has 0 saturated carbocycles. The first-order chi connectivity index (χ1) is 17.6. The summed E-state index contributed by atoms with van der Waals surface area (Å²) in [4.78, 5) is 15.0. The fraction of sp³-hybridized carbons (Fsp3) is 0.400. The highest BCUT2D eigenvalue weighted by Crippen LogP contribution is 2.39. The lowest BCUT2D eigenvalue weighted by atomic mass is 10.1. The topological polar surface area (TPSA) is 101 Å². The van der Waals surface area contributed by atoms with Gasteiger partial charge in [0.25, 0.3) is 0 Å². The second-order valence-electron chi connectivity index (χ2n) is 9.27. The van der Waals surface area contributed by atoms with Crippen LogP contribution in [0.15, 0.2) is 30.5 Å². The molecular weight excluding hydrogens is 502 g/mol. The normalized spacial score (nSPS) is 16.5.